The number of aromatic nitrogens is 4. The van der Waals surface area contributed by atoms with Crippen molar-refractivity contribution in [2.75, 3.05) is 10.6 Å². The lowest BCUT2D eigenvalue weighted by molar-refractivity contribution is -0.111. The number of carbonyl (C=O) groups is 1. The van der Waals surface area contributed by atoms with Gasteiger partial charge < -0.3 is 15.4 Å². The van der Waals surface area contributed by atoms with Crippen LogP contribution >= 0.6 is 11.3 Å². The molecule has 0 saturated carbocycles. The molecule has 0 atom stereocenters. The van der Waals surface area contributed by atoms with Gasteiger partial charge in [-0.1, -0.05) is 6.08 Å². The number of hydrogen-bond donors (Lipinski definition) is 2. The van der Waals surface area contributed by atoms with Gasteiger partial charge in [-0.3, -0.25) is 9.78 Å². The van der Waals surface area contributed by atoms with E-state index in [-0.39, 0.29) is 35.6 Å². The quantitative estimate of drug-likeness (QED) is 0.394. The standard InChI is InChI=1S/C21H16F2N6O2S/c1-2-3-20(30)29-19-4-13-17(8-25-19)26-10-27-21(13)28-16-5-15(23)18(6-14(16)22)31-9-12-7-24-11-32-12/h2-8,10-11H,9H2,1H3,(H,25,29,30)(H,26,27,28). The molecule has 3 aromatic heterocycles. The molecule has 8 nitrogen and oxygen atoms in total. The molecular formula is C21H16F2N6O2S. The Morgan fingerprint density at radius 2 is 2.03 bits per heavy atom. The van der Waals surface area contributed by atoms with E-state index < -0.39 is 11.6 Å². The average Bonchev–Trinajstić information content (AvgIpc) is 3.29. The van der Waals surface area contributed by atoms with Crippen LogP contribution in [-0.2, 0) is 11.4 Å². The zero-order valence-electron chi connectivity index (χ0n) is 16.7. The molecule has 0 unspecified atom stereocenters. The molecule has 162 valence electrons. The highest BCUT2D eigenvalue weighted by molar-refractivity contribution is 7.09. The molecule has 11 heteroatoms. The number of pyridine rings is 1. The number of allylic oxidation sites excluding steroid dienone is 1. The van der Waals surface area contributed by atoms with Gasteiger partial charge in [0.05, 0.1) is 27.8 Å². The van der Waals surface area contributed by atoms with Gasteiger partial charge in [-0.15, -0.1) is 11.3 Å². The highest BCUT2D eigenvalue weighted by Gasteiger charge is 2.14. The van der Waals surface area contributed by atoms with E-state index in [2.05, 4.69) is 30.6 Å². The lowest BCUT2D eigenvalue weighted by Gasteiger charge is -2.12. The Morgan fingerprint density at radius 3 is 2.81 bits per heavy atom. The summed E-state index contributed by atoms with van der Waals surface area (Å²) in [5.41, 5.74) is 1.95. The summed E-state index contributed by atoms with van der Waals surface area (Å²) >= 11 is 1.35. The normalized spacial score (nSPS) is 11.1. The fourth-order valence-electron chi connectivity index (χ4n) is 2.77. The fourth-order valence-corrected chi connectivity index (χ4v) is 3.28. The average molecular weight is 454 g/mol. The number of nitrogens with one attached hydrogen (secondary N) is 2. The van der Waals surface area contributed by atoms with Crippen LogP contribution in [0.5, 0.6) is 5.75 Å². The van der Waals surface area contributed by atoms with Crippen LogP contribution in [0, 0.1) is 11.6 Å². The Balaban J connectivity index is 1.59. The third-order valence-electron chi connectivity index (χ3n) is 4.22. The number of ether oxygens (including phenoxy) is 1. The van der Waals surface area contributed by atoms with Gasteiger partial charge in [0.1, 0.15) is 24.6 Å². The molecule has 0 aliphatic carbocycles. The number of carbonyl (C=O) groups excluding carboxylic acids is 1. The molecule has 1 amide bonds. The van der Waals surface area contributed by atoms with Crippen LogP contribution in [-0.4, -0.2) is 25.8 Å². The molecule has 0 bridgehead atoms. The number of amides is 1. The minimum atomic E-state index is -0.738. The van der Waals surface area contributed by atoms with Crippen LogP contribution in [0.25, 0.3) is 10.9 Å². The maximum Gasteiger partial charge on any atom is 0.249 e. The molecule has 2 N–H and O–H groups in total. The molecule has 0 saturated heterocycles. The molecule has 4 aromatic rings. The number of thiazole rings is 1. The summed E-state index contributed by atoms with van der Waals surface area (Å²) in [5.74, 6) is -1.56. The van der Waals surface area contributed by atoms with E-state index >= 15 is 0 Å². The van der Waals surface area contributed by atoms with E-state index in [4.69, 9.17) is 4.74 Å². The highest BCUT2D eigenvalue weighted by atomic mass is 32.1. The monoisotopic (exact) mass is 454 g/mol. The predicted octanol–water partition coefficient (Wildman–Crippen LogP) is 4.60. The Hall–Kier alpha value is -3.99. The van der Waals surface area contributed by atoms with Crippen molar-refractivity contribution < 1.29 is 18.3 Å². The van der Waals surface area contributed by atoms with E-state index in [0.29, 0.717) is 10.9 Å². The van der Waals surface area contributed by atoms with Crippen molar-refractivity contribution >= 4 is 45.5 Å². The zero-order valence-corrected chi connectivity index (χ0v) is 17.5. The molecule has 1 aromatic carbocycles. The first kappa shape index (κ1) is 21.2. The maximum absolute atomic E-state index is 14.7. The number of fused-ring (bicyclic) bond motifs is 1. The number of benzene rings is 1. The van der Waals surface area contributed by atoms with Crippen molar-refractivity contribution in [1.29, 1.82) is 0 Å². The summed E-state index contributed by atoms with van der Waals surface area (Å²) in [7, 11) is 0. The minimum Gasteiger partial charge on any atom is -0.485 e. The lowest BCUT2D eigenvalue weighted by atomic mass is 10.2. The Morgan fingerprint density at radius 1 is 1.16 bits per heavy atom. The van der Waals surface area contributed by atoms with Crippen LogP contribution in [0.4, 0.5) is 26.1 Å². The zero-order chi connectivity index (χ0) is 22.5. The number of halogens is 2. The Labute approximate surface area is 185 Å². The smallest absolute Gasteiger partial charge is 0.249 e. The first-order valence-corrected chi connectivity index (χ1v) is 10.2. The molecular weight excluding hydrogens is 438 g/mol. The van der Waals surface area contributed by atoms with E-state index in [1.54, 1.807) is 30.8 Å². The third-order valence-corrected chi connectivity index (χ3v) is 4.97. The van der Waals surface area contributed by atoms with Crippen LogP contribution in [0.3, 0.4) is 0 Å². The molecule has 3 heterocycles. The van der Waals surface area contributed by atoms with Crippen LogP contribution in [0.1, 0.15) is 11.8 Å². The topological polar surface area (TPSA) is 102 Å². The van der Waals surface area contributed by atoms with Crippen LogP contribution in [0.2, 0.25) is 0 Å². The van der Waals surface area contributed by atoms with E-state index in [1.807, 2.05) is 0 Å². The summed E-state index contributed by atoms with van der Waals surface area (Å²) in [6.07, 6.45) is 7.25. The van der Waals surface area contributed by atoms with Gasteiger partial charge in [0.15, 0.2) is 17.4 Å². The van der Waals surface area contributed by atoms with Crippen molar-refractivity contribution in [1.82, 2.24) is 19.9 Å². The van der Waals surface area contributed by atoms with Gasteiger partial charge in [0.25, 0.3) is 0 Å². The van der Waals surface area contributed by atoms with Crippen LogP contribution < -0.4 is 15.4 Å². The Bertz CT molecular complexity index is 1300. The third kappa shape index (κ3) is 4.83. The lowest BCUT2D eigenvalue weighted by Crippen LogP contribution is -2.09. The molecule has 0 aliphatic rings. The van der Waals surface area contributed by atoms with Gasteiger partial charge in [-0.25, -0.2) is 23.7 Å². The molecule has 0 spiro atoms. The van der Waals surface area contributed by atoms with Crippen molar-refractivity contribution in [3.05, 3.63) is 71.1 Å². The molecule has 32 heavy (non-hydrogen) atoms. The maximum atomic E-state index is 14.7. The number of rotatable bonds is 7. The molecule has 0 radical (unpaired) electrons. The second-order valence-corrected chi connectivity index (χ2v) is 7.41. The molecule has 4 rings (SSSR count). The van der Waals surface area contributed by atoms with Gasteiger partial charge >= 0.3 is 0 Å². The number of anilines is 3. The van der Waals surface area contributed by atoms with Gasteiger partial charge in [0, 0.05) is 23.7 Å². The van der Waals surface area contributed by atoms with E-state index in [9.17, 15) is 13.6 Å². The SMILES string of the molecule is CC=CC(=O)Nc1cc2c(Nc3cc(F)c(OCc4cncs4)cc3F)ncnc2cn1. The predicted molar refractivity (Wildman–Crippen MR) is 117 cm³/mol. The fraction of sp³-hybridized carbons (Fsp3) is 0.0952. The van der Waals surface area contributed by atoms with Crippen molar-refractivity contribution in [3.63, 3.8) is 0 Å². The molecule has 0 fully saturated rings. The summed E-state index contributed by atoms with van der Waals surface area (Å²) in [6.45, 7) is 1.80. The minimum absolute atomic E-state index is 0.0824. The summed E-state index contributed by atoms with van der Waals surface area (Å²) in [6, 6.07) is 3.49. The molecule has 0 aliphatic heterocycles. The summed E-state index contributed by atoms with van der Waals surface area (Å²) < 4.78 is 34.6. The van der Waals surface area contributed by atoms with Crippen molar-refractivity contribution in [2.45, 2.75) is 13.5 Å². The van der Waals surface area contributed by atoms with Gasteiger partial charge in [-0.2, -0.15) is 0 Å². The summed E-state index contributed by atoms with van der Waals surface area (Å²) in [4.78, 5) is 28.8. The largest absolute Gasteiger partial charge is 0.485 e. The van der Waals surface area contributed by atoms with Gasteiger partial charge in [-0.05, 0) is 19.1 Å². The first-order chi connectivity index (χ1) is 15.5. The number of hydrogen-bond acceptors (Lipinski definition) is 8. The summed E-state index contributed by atoms with van der Waals surface area (Å²) in [5, 5.41) is 5.84. The van der Waals surface area contributed by atoms with E-state index in [1.165, 1.54) is 29.9 Å². The Kier molecular flexibility index (Phi) is 6.26. The van der Waals surface area contributed by atoms with Gasteiger partial charge in [0.2, 0.25) is 5.91 Å². The highest BCUT2D eigenvalue weighted by Crippen LogP contribution is 2.30. The van der Waals surface area contributed by atoms with Crippen molar-refractivity contribution in [3.8, 4) is 5.75 Å². The van der Waals surface area contributed by atoms with Crippen molar-refractivity contribution in [2.24, 2.45) is 0 Å². The second-order valence-electron chi connectivity index (χ2n) is 6.44. The number of nitrogens with zero attached hydrogens (tertiary/aromatic N) is 4. The van der Waals surface area contributed by atoms with E-state index in [0.717, 1.165) is 17.0 Å². The van der Waals surface area contributed by atoms with Crippen LogP contribution in [0.15, 0.2) is 54.6 Å². The second kappa shape index (κ2) is 9.43. The first-order valence-electron chi connectivity index (χ1n) is 9.34.